The molecule has 1 N–H and O–H groups in total. The van der Waals surface area contributed by atoms with Crippen LogP contribution in [-0.4, -0.2) is 30.8 Å². The van der Waals surface area contributed by atoms with Crippen molar-refractivity contribution in [1.82, 2.24) is 19.7 Å². The van der Waals surface area contributed by atoms with Crippen molar-refractivity contribution in [1.29, 1.82) is 0 Å². The van der Waals surface area contributed by atoms with E-state index in [2.05, 4.69) is 15.1 Å². The summed E-state index contributed by atoms with van der Waals surface area (Å²) in [5.41, 5.74) is 4.20. The molecule has 0 fully saturated rings. The van der Waals surface area contributed by atoms with E-state index in [4.69, 9.17) is 5.11 Å². The Labute approximate surface area is 123 Å². The van der Waals surface area contributed by atoms with Gasteiger partial charge in [-0.1, -0.05) is 13.8 Å². The molecule has 0 radical (unpaired) electrons. The standard InChI is InChI=1S/C15H20N4O2/c1-5-12-11(8-14(20)21)13(6-2)19(18-12)15-16-9(3)7-10(4)17-15/h7H,5-6,8H2,1-4H3,(H,20,21). The van der Waals surface area contributed by atoms with Gasteiger partial charge in [-0.25, -0.2) is 14.6 Å². The van der Waals surface area contributed by atoms with Gasteiger partial charge in [-0.15, -0.1) is 0 Å². The number of aromatic nitrogens is 4. The van der Waals surface area contributed by atoms with Gasteiger partial charge in [0.2, 0.25) is 0 Å². The van der Waals surface area contributed by atoms with Crippen molar-refractivity contribution in [2.45, 2.75) is 47.0 Å². The molecule has 6 heteroatoms. The summed E-state index contributed by atoms with van der Waals surface area (Å²) in [5, 5.41) is 13.6. The third-order valence-corrected chi connectivity index (χ3v) is 3.33. The number of carboxylic acid groups (broad SMARTS) is 1. The molecule has 2 aromatic heterocycles. The summed E-state index contributed by atoms with van der Waals surface area (Å²) in [6, 6.07) is 1.90. The molecule has 2 aromatic rings. The minimum absolute atomic E-state index is 0.0167. The van der Waals surface area contributed by atoms with Gasteiger partial charge in [0.1, 0.15) is 0 Å². The third kappa shape index (κ3) is 3.09. The Bertz CT molecular complexity index is 656. The monoisotopic (exact) mass is 288 g/mol. The molecule has 0 aromatic carbocycles. The largest absolute Gasteiger partial charge is 0.481 e. The van der Waals surface area contributed by atoms with Crippen LogP contribution in [0.2, 0.25) is 0 Å². The first-order chi connectivity index (χ1) is 9.96. The molecule has 0 aliphatic rings. The fraction of sp³-hybridized carbons (Fsp3) is 0.467. The van der Waals surface area contributed by atoms with Crippen molar-refractivity contribution in [3.05, 3.63) is 34.4 Å². The predicted octanol–water partition coefficient (Wildman–Crippen LogP) is 2.03. The molecule has 21 heavy (non-hydrogen) atoms. The number of hydrogen-bond donors (Lipinski definition) is 1. The van der Waals surface area contributed by atoms with E-state index in [1.165, 1.54) is 0 Å². The number of carbonyl (C=O) groups is 1. The van der Waals surface area contributed by atoms with E-state index < -0.39 is 5.97 Å². The third-order valence-electron chi connectivity index (χ3n) is 3.33. The van der Waals surface area contributed by atoms with E-state index in [1.807, 2.05) is 33.8 Å². The average molecular weight is 288 g/mol. The van der Waals surface area contributed by atoms with Gasteiger partial charge in [0.15, 0.2) is 0 Å². The lowest BCUT2D eigenvalue weighted by Crippen LogP contribution is -2.10. The van der Waals surface area contributed by atoms with Crippen molar-refractivity contribution >= 4 is 5.97 Å². The molecule has 0 spiro atoms. The SMILES string of the molecule is CCc1nn(-c2nc(C)cc(C)n2)c(CC)c1CC(=O)O. The molecule has 0 bridgehead atoms. The van der Waals surface area contributed by atoms with Gasteiger partial charge >= 0.3 is 5.97 Å². The van der Waals surface area contributed by atoms with Gasteiger partial charge in [-0.05, 0) is 32.8 Å². The highest BCUT2D eigenvalue weighted by Gasteiger charge is 2.20. The van der Waals surface area contributed by atoms with Crippen molar-refractivity contribution in [2.75, 3.05) is 0 Å². The van der Waals surface area contributed by atoms with Gasteiger partial charge in [0.25, 0.3) is 5.95 Å². The molecule has 0 aliphatic carbocycles. The summed E-state index contributed by atoms with van der Waals surface area (Å²) in [5.74, 6) is -0.337. The fourth-order valence-electron chi connectivity index (χ4n) is 2.51. The summed E-state index contributed by atoms with van der Waals surface area (Å²) in [4.78, 5) is 19.9. The second kappa shape index (κ2) is 6.03. The lowest BCUT2D eigenvalue weighted by Gasteiger charge is -2.07. The first-order valence-electron chi connectivity index (χ1n) is 7.10. The summed E-state index contributed by atoms with van der Waals surface area (Å²) < 4.78 is 1.69. The number of aliphatic carboxylic acids is 1. The van der Waals surface area contributed by atoms with Crippen molar-refractivity contribution in [2.24, 2.45) is 0 Å². The Kier molecular flexibility index (Phi) is 4.35. The fourth-order valence-corrected chi connectivity index (χ4v) is 2.51. The smallest absolute Gasteiger partial charge is 0.307 e. The maximum absolute atomic E-state index is 11.1. The maximum atomic E-state index is 11.1. The van der Waals surface area contributed by atoms with Crippen LogP contribution in [0.15, 0.2) is 6.07 Å². The molecule has 0 aliphatic heterocycles. The predicted molar refractivity (Wildman–Crippen MR) is 78.7 cm³/mol. The van der Waals surface area contributed by atoms with Crippen LogP contribution >= 0.6 is 0 Å². The Hall–Kier alpha value is -2.24. The molecule has 112 valence electrons. The molecule has 6 nitrogen and oxygen atoms in total. The molecule has 0 atom stereocenters. The lowest BCUT2D eigenvalue weighted by molar-refractivity contribution is -0.136. The highest BCUT2D eigenvalue weighted by atomic mass is 16.4. The van der Waals surface area contributed by atoms with Gasteiger partial charge in [-0.2, -0.15) is 5.10 Å². The van der Waals surface area contributed by atoms with Crippen molar-refractivity contribution in [3.63, 3.8) is 0 Å². The second-order valence-corrected chi connectivity index (χ2v) is 5.01. The molecular weight excluding hydrogens is 268 g/mol. The molecule has 0 saturated heterocycles. The number of carboxylic acids is 1. The van der Waals surface area contributed by atoms with Gasteiger partial charge < -0.3 is 5.11 Å². The normalized spacial score (nSPS) is 10.9. The van der Waals surface area contributed by atoms with E-state index in [1.54, 1.807) is 4.68 Å². The Morgan fingerprint density at radius 2 is 1.81 bits per heavy atom. The number of rotatable bonds is 5. The maximum Gasteiger partial charge on any atom is 0.307 e. The van der Waals surface area contributed by atoms with Crippen LogP contribution in [0, 0.1) is 13.8 Å². The number of hydrogen-bond acceptors (Lipinski definition) is 4. The van der Waals surface area contributed by atoms with Gasteiger partial charge in [0, 0.05) is 17.0 Å². The molecule has 0 unspecified atom stereocenters. The highest BCUT2D eigenvalue weighted by Crippen LogP contribution is 2.20. The van der Waals surface area contributed by atoms with Crippen LogP contribution in [0.25, 0.3) is 5.95 Å². The number of nitrogens with zero attached hydrogens (tertiary/aromatic N) is 4. The zero-order valence-corrected chi connectivity index (χ0v) is 12.8. The molecule has 0 amide bonds. The topological polar surface area (TPSA) is 80.9 Å². The van der Waals surface area contributed by atoms with E-state index >= 15 is 0 Å². The Morgan fingerprint density at radius 1 is 1.19 bits per heavy atom. The van der Waals surface area contributed by atoms with Gasteiger partial charge in [0.05, 0.1) is 17.8 Å². The molecule has 2 rings (SSSR count). The second-order valence-electron chi connectivity index (χ2n) is 5.01. The highest BCUT2D eigenvalue weighted by molar-refractivity contribution is 5.71. The van der Waals surface area contributed by atoms with E-state index in [0.29, 0.717) is 18.8 Å². The summed E-state index contributed by atoms with van der Waals surface area (Å²) >= 11 is 0. The van der Waals surface area contributed by atoms with Crippen LogP contribution in [0.3, 0.4) is 0 Å². The van der Waals surface area contributed by atoms with E-state index in [-0.39, 0.29) is 6.42 Å². The van der Waals surface area contributed by atoms with Crippen molar-refractivity contribution in [3.8, 4) is 5.95 Å². The van der Waals surface area contributed by atoms with E-state index in [0.717, 1.165) is 28.3 Å². The molecule has 2 heterocycles. The summed E-state index contributed by atoms with van der Waals surface area (Å²) in [6.07, 6.45) is 1.36. The summed E-state index contributed by atoms with van der Waals surface area (Å²) in [7, 11) is 0. The first kappa shape index (κ1) is 15.2. The minimum atomic E-state index is -0.847. The van der Waals surface area contributed by atoms with Crippen LogP contribution in [0.5, 0.6) is 0 Å². The zero-order chi connectivity index (χ0) is 15.6. The molecule has 0 saturated carbocycles. The van der Waals surface area contributed by atoms with Gasteiger partial charge in [-0.3, -0.25) is 4.79 Å². The van der Waals surface area contributed by atoms with E-state index in [9.17, 15) is 4.79 Å². The molecular formula is C15H20N4O2. The van der Waals surface area contributed by atoms with Crippen LogP contribution in [0.1, 0.15) is 42.2 Å². The lowest BCUT2D eigenvalue weighted by atomic mass is 10.1. The quantitative estimate of drug-likeness (QED) is 0.910. The summed E-state index contributed by atoms with van der Waals surface area (Å²) in [6.45, 7) is 7.78. The van der Waals surface area contributed by atoms with Crippen LogP contribution in [0.4, 0.5) is 0 Å². The number of aryl methyl sites for hydroxylation is 3. The Balaban J connectivity index is 2.62. The first-order valence-corrected chi connectivity index (χ1v) is 7.10. The van der Waals surface area contributed by atoms with Crippen LogP contribution < -0.4 is 0 Å². The zero-order valence-electron chi connectivity index (χ0n) is 12.8. The minimum Gasteiger partial charge on any atom is -0.481 e. The average Bonchev–Trinajstić information content (AvgIpc) is 2.74. The van der Waals surface area contributed by atoms with Crippen molar-refractivity contribution < 1.29 is 9.90 Å². The van der Waals surface area contributed by atoms with Crippen LogP contribution in [-0.2, 0) is 24.1 Å². The Morgan fingerprint density at radius 3 is 2.29 bits per heavy atom.